The molecule has 2 atom stereocenters. The van der Waals surface area contributed by atoms with E-state index < -0.39 is 17.8 Å². The molecule has 0 fully saturated rings. The first-order valence-corrected chi connectivity index (χ1v) is 8.93. The number of ether oxygens (including phenoxy) is 2. The summed E-state index contributed by atoms with van der Waals surface area (Å²) in [7, 11) is 1.46. The quantitative estimate of drug-likeness (QED) is 0.636. The van der Waals surface area contributed by atoms with Crippen LogP contribution < -0.4 is 4.74 Å². The number of benzene rings is 1. The molecule has 0 spiro atoms. The summed E-state index contributed by atoms with van der Waals surface area (Å²) in [6, 6.07) is 4.88. The molecule has 1 unspecified atom stereocenters. The number of methoxy groups -OCH3 is 1. The van der Waals surface area contributed by atoms with Crippen LogP contribution in [0.25, 0.3) is 0 Å². The fourth-order valence-corrected chi connectivity index (χ4v) is 3.79. The van der Waals surface area contributed by atoms with Gasteiger partial charge >= 0.3 is 5.97 Å². The van der Waals surface area contributed by atoms with Gasteiger partial charge in [-0.15, -0.1) is 0 Å². The molecule has 27 heavy (non-hydrogen) atoms. The van der Waals surface area contributed by atoms with Crippen molar-refractivity contribution in [2.45, 2.75) is 32.1 Å². The van der Waals surface area contributed by atoms with Gasteiger partial charge in [-0.05, 0) is 37.5 Å². The maximum atomic E-state index is 12.8. The molecule has 6 heteroatoms. The summed E-state index contributed by atoms with van der Waals surface area (Å²) in [5.41, 5.74) is 2.64. The van der Waals surface area contributed by atoms with Crippen LogP contribution in [0.3, 0.4) is 0 Å². The second-order valence-electron chi connectivity index (χ2n) is 6.70. The normalized spacial score (nSPS) is 22.0. The van der Waals surface area contributed by atoms with Gasteiger partial charge in [0.2, 0.25) is 0 Å². The zero-order valence-corrected chi connectivity index (χ0v) is 15.5. The largest absolute Gasteiger partial charge is 0.504 e. The first-order valence-electron chi connectivity index (χ1n) is 8.93. The van der Waals surface area contributed by atoms with Crippen LogP contribution in [0.4, 0.5) is 0 Å². The maximum absolute atomic E-state index is 12.8. The number of Topliss-reactive ketones (excluding diaryl/α,β-unsaturated/α-hetero) is 1. The molecule has 142 valence electrons. The van der Waals surface area contributed by atoms with Crippen molar-refractivity contribution in [3.05, 3.63) is 47.7 Å². The molecule has 0 amide bonds. The molecule has 2 aliphatic rings. The Hall–Kier alpha value is -2.89. The van der Waals surface area contributed by atoms with Crippen molar-refractivity contribution in [2.75, 3.05) is 13.7 Å². The van der Waals surface area contributed by atoms with E-state index in [1.54, 1.807) is 19.1 Å². The highest BCUT2D eigenvalue weighted by Gasteiger charge is 2.43. The van der Waals surface area contributed by atoms with Gasteiger partial charge < -0.3 is 14.6 Å². The number of phenolic OH excluding ortho intramolecular Hbond substituents is 1. The van der Waals surface area contributed by atoms with Gasteiger partial charge in [0.05, 0.1) is 7.11 Å². The summed E-state index contributed by atoms with van der Waals surface area (Å²) in [4.78, 5) is 30.1. The standard InChI is InChI=1S/C21H23NO5/c1-4-10-27-21(25)18-12(2)22-14-6-5-7-16(24)20(14)19(18)13-8-9-15(23)17(11-13)26-3/h4,8-9,11,18-19,23H,1,5-7,10H2,2-3H3/t18?,19-/m1/s1. The predicted octanol–water partition coefficient (Wildman–Crippen LogP) is 3.31. The maximum Gasteiger partial charge on any atom is 0.315 e. The molecule has 0 saturated heterocycles. The van der Waals surface area contributed by atoms with E-state index in [-0.39, 0.29) is 23.9 Å². The number of aromatic hydroxyl groups is 1. The second kappa shape index (κ2) is 7.78. The van der Waals surface area contributed by atoms with Crippen molar-refractivity contribution < 1.29 is 24.2 Å². The van der Waals surface area contributed by atoms with Gasteiger partial charge in [-0.2, -0.15) is 0 Å². The van der Waals surface area contributed by atoms with E-state index in [2.05, 4.69) is 11.6 Å². The highest BCUT2D eigenvalue weighted by Crippen LogP contribution is 2.45. The highest BCUT2D eigenvalue weighted by atomic mass is 16.5. The number of hydrogen-bond acceptors (Lipinski definition) is 6. The minimum atomic E-state index is -0.708. The number of aliphatic imine (C=N–C) groups is 1. The molecule has 1 aliphatic heterocycles. The van der Waals surface area contributed by atoms with Crippen molar-refractivity contribution in [1.29, 1.82) is 0 Å². The molecule has 0 radical (unpaired) electrons. The van der Waals surface area contributed by atoms with Crippen molar-refractivity contribution in [3.63, 3.8) is 0 Å². The van der Waals surface area contributed by atoms with E-state index in [4.69, 9.17) is 9.47 Å². The molecule has 0 saturated carbocycles. The third-order valence-electron chi connectivity index (χ3n) is 4.99. The molecule has 1 N–H and O–H groups in total. The fraction of sp³-hybridized carbons (Fsp3) is 0.381. The Kier molecular flexibility index (Phi) is 5.44. The van der Waals surface area contributed by atoms with Gasteiger partial charge in [-0.25, -0.2) is 0 Å². The predicted molar refractivity (Wildman–Crippen MR) is 101 cm³/mol. The summed E-state index contributed by atoms with van der Waals surface area (Å²) < 4.78 is 10.5. The van der Waals surface area contributed by atoms with Crippen molar-refractivity contribution in [3.8, 4) is 11.5 Å². The average molecular weight is 369 g/mol. The minimum absolute atomic E-state index is 0.00240. The monoisotopic (exact) mass is 369 g/mol. The number of phenols is 1. The molecule has 1 aromatic carbocycles. The Morgan fingerprint density at radius 1 is 1.41 bits per heavy atom. The number of esters is 1. The summed E-state index contributed by atoms with van der Waals surface area (Å²) in [5.74, 6) is -1.38. The first kappa shape index (κ1) is 18.9. The van der Waals surface area contributed by atoms with E-state index in [9.17, 15) is 14.7 Å². The lowest BCUT2D eigenvalue weighted by atomic mass is 9.71. The van der Waals surface area contributed by atoms with Crippen LogP contribution in [0.1, 0.15) is 37.7 Å². The van der Waals surface area contributed by atoms with Gasteiger partial charge in [-0.3, -0.25) is 14.6 Å². The van der Waals surface area contributed by atoms with Crippen molar-refractivity contribution in [2.24, 2.45) is 10.9 Å². The van der Waals surface area contributed by atoms with Gasteiger partial charge in [0.25, 0.3) is 0 Å². The van der Waals surface area contributed by atoms with E-state index in [1.807, 2.05) is 0 Å². The van der Waals surface area contributed by atoms with E-state index >= 15 is 0 Å². The number of carbonyl (C=O) groups excluding carboxylic acids is 2. The highest BCUT2D eigenvalue weighted by molar-refractivity contribution is 6.08. The van der Waals surface area contributed by atoms with Crippen LogP contribution in [-0.2, 0) is 14.3 Å². The molecule has 1 heterocycles. The van der Waals surface area contributed by atoms with E-state index in [0.717, 1.165) is 12.1 Å². The van der Waals surface area contributed by atoms with Gasteiger partial charge in [0, 0.05) is 29.3 Å². The summed E-state index contributed by atoms with van der Waals surface area (Å²) >= 11 is 0. The molecule has 6 nitrogen and oxygen atoms in total. The molecular formula is C21H23NO5. The Morgan fingerprint density at radius 2 is 2.19 bits per heavy atom. The SMILES string of the molecule is C=CCOC(=O)C1C(C)=NC2=C(C(=O)CCC2)[C@@H]1c1ccc(O)c(OC)c1. The first-order chi connectivity index (χ1) is 13.0. The molecule has 1 aliphatic carbocycles. The lowest BCUT2D eigenvalue weighted by Gasteiger charge is -2.34. The minimum Gasteiger partial charge on any atom is -0.504 e. The molecule has 1 aromatic rings. The number of hydrogen-bond donors (Lipinski definition) is 1. The zero-order chi connectivity index (χ0) is 19.6. The lowest BCUT2D eigenvalue weighted by Crippen LogP contribution is -2.37. The van der Waals surface area contributed by atoms with Crippen LogP contribution in [0, 0.1) is 5.92 Å². The number of carbonyl (C=O) groups is 2. The van der Waals surface area contributed by atoms with Crippen LogP contribution >= 0.6 is 0 Å². The van der Waals surface area contributed by atoms with Gasteiger partial charge in [0.15, 0.2) is 17.3 Å². The Bertz CT molecular complexity index is 852. The van der Waals surface area contributed by atoms with Crippen molar-refractivity contribution >= 4 is 17.5 Å². The Balaban J connectivity index is 2.14. The zero-order valence-electron chi connectivity index (χ0n) is 15.5. The van der Waals surface area contributed by atoms with Crippen LogP contribution in [0.15, 0.2) is 47.1 Å². The van der Waals surface area contributed by atoms with Crippen LogP contribution in [0.2, 0.25) is 0 Å². The molecule has 3 rings (SSSR count). The summed E-state index contributed by atoms with van der Waals surface area (Å²) in [6.07, 6.45) is 3.40. The lowest BCUT2D eigenvalue weighted by molar-refractivity contribution is -0.145. The Morgan fingerprint density at radius 3 is 2.89 bits per heavy atom. The molecule has 0 aromatic heterocycles. The molecule has 0 bridgehead atoms. The van der Waals surface area contributed by atoms with Crippen molar-refractivity contribution in [1.82, 2.24) is 0 Å². The van der Waals surface area contributed by atoms with Gasteiger partial charge in [-0.1, -0.05) is 18.7 Å². The van der Waals surface area contributed by atoms with Crippen LogP contribution in [-0.4, -0.2) is 36.3 Å². The topological polar surface area (TPSA) is 85.2 Å². The number of rotatable bonds is 5. The Labute approximate surface area is 158 Å². The number of allylic oxidation sites excluding steroid dienone is 2. The van der Waals surface area contributed by atoms with Crippen LogP contribution in [0.5, 0.6) is 11.5 Å². The second-order valence-corrected chi connectivity index (χ2v) is 6.70. The molecular weight excluding hydrogens is 346 g/mol. The van der Waals surface area contributed by atoms with E-state index in [1.165, 1.54) is 19.3 Å². The smallest absolute Gasteiger partial charge is 0.315 e. The average Bonchev–Trinajstić information content (AvgIpc) is 2.65. The number of ketones is 1. The van der Waals surface area contributed by atoms with Gasteiger partial charge in [0.1, 0.15) is 12.5 Å². The number of nitrogens with zero attached hydrogens (tertiary/aromatic N) is 1. The summed E-state index contributed by atoms with van der Waals surface area (Å²) in [5, 5.41) is 9.93. The third-order valence-corrected chi connectivity index (χ3v) is 4.99. The third kappa shape index (κ3) is 3.52. The summed E-state index contributed by atoms with van der Waals surface area (Å²) in [6.45, 7) is 5.45. The fourth-order valence-electron chi connectivity index (χ4n) is 3.79. The van der Waals surface area contributed by atoms with E-state index in [0.29, 0.717) is 29.7 Å².